The van der Waals surface area contributed by atoms with Crippen molar-refractivity contribution in [3.63, 3.8) is 0 Å². The summed E-state index contributed by atoms with van der Waals surface area (Å²) in [5, 5.41) is 11.8. The lowest BCUT2D eigenvalue weighted by Crippen LogP contribution is -2.34. The first-order chi connectivity index (χ1) is 22.8. The Hall–Kier alpha value is -4.60. The summed E-state index contributed by atoms with van der Waals surface area (Å²) in [6.45, 7) is 1.66. The highest BCUT2D eigenvalue weighted by Crippen LogP contribution is 2.54. The highest BCUT2D eigenvalue weighted by atomic mass is 16.5. The van der Waals surface area contributed by atoms with E-state index in [-0.39, 0.29) is 17.8 Å². The Balaban J connectivity index is 1.50. The second-order valence-electron chi connectivity index (χ2n) is 12.6. The minimum Gasteiger partial charge on any atom is -0.502 e. The van der Waals surface area contributed by atoms with Crippen LogP contribution in [0.1, 0.15) is 45.5 Å². The van der Waals surface area contributed by atoms with Crippen molar-refractivity contribution in [2.75, 3.05) is 55.6 Å². The molecule has 0 radical (unpaired) electrons. The largest absolute Gasteiger partial charge is 0.502 e. The van der Waals surface area contributed by atoms with E-state index in [0.717, 1.165) is 65.9 Å². The summed E-state index contributed by atoms with van der Waals surface area (Å²) >= 11 is 0. The smallest absolute Gasteiger partial charge is 0.204 e. The number of methoxy groups -OCH3 is 4. The van der Waals surface area contributed by atoms with E-state index in [0.29, 0.717) is 46.7 Å². The first kappa shape index (κ1) is 31.0. The van der Waals surface area contributed by atoms with Crippen LogP contribution in [0.25, 0.3) is 0 Å². The molecule has 0 amide bonds. The van der Waals surface area contributed by atoms with Gasteiger partial charge in [0, 0.05) is 36.3 Å². The third-order valence-electron chi connectivity index (χ3n) is 9.97. The van der Waals surface area contributed by atoms with Gasteiger partial charge in [0.15, 0.2) is 34.5 Å². The highest BCUT2D eigenvalue weighted by Gasteiger charge is 2.36. The van der Waals surface area contributed by atoms with Gasteiger partial charge in [-0.2, -0.15) is 0 Å². The fraction of sp³-hybridized carbons (Fsp3) is 0.368. The van der Waals surface area contributed by atoms with E-state index in [1.165, 1.54) is 5.56 Å². The summed E-state index contributed by atoms with van der Waals surface area (Å²) in [6.07, 6.45) is 2.94. The van der Waals surface area contributed by atoms with Gasteiger partial charge in [-0.25, -0.2) is 0 Å². The number of ether oxygens (including phenoxy) is 6. The zero-order chi connectivity index (χ0) is 32.8. The molecule has 0 saturated carbocycles. The van der Waals surface area contributed by atoms with E-state index >= 15 is 0 Å². The van der Waals surface area contributed by atoms with Crippen molar-refractivity contribution < 1.29 is 33.5 Å². The van der Waals surface area contributed by atoms with Crippen molar-refractivity contribution in [1.82, 2.24) is 9.80 Å². The van der Waals surface area contributed by atoms with Crippen LogP contribution in [0.3, 0.4) is 0 Å². The Kier molecular flexibility index (Phi) is 8.28. The summed E-state index contributed by atoms with van der Waals surface area (Å²) < 4.78 is 36.7. The van der Waals surface area contributed by atoms with Crippen molar-refractivity contribution >= 4 is 0 Å². The number of hydrogen-bond donors (Lipinski definition) is 1. The van der Waals surface area contributed by atoms with Gasteiger partial charge >= 0.3 is 0 Å². The highest BCUT2D eigenvalue weighted by molar-refractivity contribution is 5.66. The summed E-state index contributed by atoms with van der Waals surface area (Å²) in [4.78, 5) is 4.68. The van der Waals surface area contributed by atoms with Gasteiger partial charge in [-0.15, -0.1) is 0 Å². The molecule has 0 fully saturated rings. The summed E-state index contributed by atoms with van der Waals surface area (Å²) in [5.41, 5.74) is 6.39. The van der Waals surface area contributed by atoms with Gasteiger partial charge in [0.1, 0.15) is 5.75 Å². The molecule has 9 heteroatoms. The third kappa shape index (κ3) is 5.47. The molecule has 8 bridgehead atoms. The van der Waals surface area contributed by atoms with Crippen LogP contribution in [-0.2, 0) is 25.7 Å². The molecule has 0 unspecified atom stereocenters. The van der Waals surface area contributed by atoms with Crippen LogP contribution in [0.5, 0.6) is 51.7 Å². The number of likely N-dealkylation sites (N-methyl/N-ethyl adjacent to an activating group) is 2. The predicted molar refractivity (Wildman–Crippen MR) is 179 cm³/mol. The van der Waals surface area contributed by atoms with Gasteiger partial charge in [0.05, 0.1) is 28.4 Å². The Morgan fingerprint density at radius 3 is 2.09 bits per heavy atom. The van der Waals surface area contributed by atoms with E-state index in [4.69, 9.17) is 28.4 Å². The number of fused-ring (bicyclic) bond motifs is 2. The van der Waals surface area contributed by atoms with Crippen LogP contribution < -0.4 is 28.4 Å². The topological polar surface area (TPSA) is 82.1 Å². The maximum Gasteiger partial charge on any atom is 0.204 e. The molecule has 1 N–H and O–H groups in total. The molecule has 246 valence electrons. The molecule has 0 spiro atoms. The standard InChI is InChI=1S/C38H42N2O7/c1-39-16-14-26-27-21-33(44-5)37(45-6)36(26)47-38-34-24(20-32(43-4)35(38)41)13-15-40(2)29(34)18-23-9-12-30(42-3)31(19-23)46-25-10-7-22(8-11-25)17-28(27)39/h7-12,19-21,28-29,41H,13-18H2,1-6H3/t28-,29-/m0/s1. The quantitative estimate of drug-likeness (QED) is 0.258. The van der Waals surface area contributed by atoms with Crippen LogP contribution in [0, 0.1) is 0 Å². The van der Waals surface area contributed by atoms with Crippen molar-refractivity contribution in [2.24, 2.45) is 0 Å². The molecule has 47 heavy (non-hydrogen) atoms. The van der Waals surface area contributed by atoms with E-state index < -0.39 is 0 Å². The average molecular weight is 639 g/mol. The molecule has 2 atom stereocenters. The molecule has 8 rings (SSSR count). The summed E-state index contributed by atoms with van der Waals surface area (Å²) in [7, 11) is 10.8. The minimum atomic E-state index is -0.115. The number of rotatable bonds is 4. The number of phenols is 1. The molecule has 0 saturated heterocycles. The predicted octanol–water partition coefficient (Wildman–Crippen LogP) is 6.87. The van der Waals surface area contributed by atoms with Gasteiger partial charge in [0.25, 0.3) is 0 Å². The fourth-order valence-electron chi connectivity index (χ4n) is 7.38. The Labute approximate surface area is 276 Å². The number of phenolic OH excluding ortho intramolecular Hbond substituents is 1. The van der Waals surface area contributed by atoms with Crippen molar-refractivity contribution in [2.45, 2.75) is 37.8 Å². The fourth-order valence-corrected chi connectivity index (χ4v) is 7.38. The zero-order valence-electron chi connectivity index (χ0n) is 27.9. The lowest BCUT2D eigenvalue weighted by molar-refractivity contribution is 0.217. The van der Waals surface area contributed by atoms with Crippen molar-refractivity contribution in [3.8, 4) is 51.7 Å². The molecule has 4 heterocycles. The maximum atomic E-state index is 11.8. The van der Waals surface area contributed by atoms with Crippen LogP contribution in [-0.4, -0.2) is 70.5 Å². The van der Waals surface area contributed by atoms with E-state index in [1.54, 1.807) is 28.4 Å². The first-order valence-electron chi connectivity index (χ1n) is 16.1. The van der Waals surface area contributed by atoms with Gasteiger partial charge in [-0.1, -0.05) is 18.2 Å². The van der Waals surface area contributed by atoms with Crippen LogP contribution >= 0.6 is 0 Å². The molecule has 4 aromatic carbocycles. The number of aromatic hydroxyl groups is 1. The number of nitrogens with zero attached hydrogens (tertiary/aromatic N) is 2. The van der Waals surface area contributed by atoms with Crippen molar-refractivity contribution in [3.05, 3.63) is 88.0 Å². The molecule has 4 aromatic rings. The van der Waals surface area contributed by atoms with E-state index in [1.807, 2.05) is 30.3 Å². The molecule has 0 aromatic heterocycles. The summed E-state index contributed by atoms with van der Waals surface area (Å²) in [5.74, 6) is 4.40. The minimum absolute atomic E-state index is 0.0395. The molecule has 9 nitrogen and oxygen atoms in total. The van der Waals surface area contributed by atoms with Crippen molar-refractivity contribution in [1.29, 1.82) is 0 Å². The summed E-state index contributed by atoms with van der Waals surface area (Å²) in [6, 6.07) is 18.3. The van der Waals surface area contributed by atoms with Crippen LogP contribution in [0.15, 0.2) is 54.6 Å². The molecule has 4 aliphatic rings. The van der Waals surface area contributed by atoms with Crippen LogP contribution in [0.4, 0.5) is 0 Å². The first-order valence-corrected chi connectivity index (χ1v) is 16.1. The third-order valence-corrected chi connectivity index (χ3v) is 9.97. The Morgan fingerprint density at radius 2 is 1.36 bits per heavy atom. The normalized spacial score (nSPS) is 19.0. The van der Waals surface area contributed by atoms with E-state index in [9.17, 15) is 5.11 Å². The van der Waals surface area contributed by atoms with Gasteiger partial charge < -0.3 is 33.5 Å². The lowest BCUT2D eigenvalue weighted by atomic mass is 9.86. The molecule has 4 aliphatic heterocycles. The van der Waals surface area contributed by atoms with E-state index in [2.05, 4.69) is 48.2 Å². The molecule has 0 aliphatic carbocycles. The van der Waals surface area contributed by atoms with Gasteiger partial charge in [-0.05, 0) is 98.4 Å². The monoisotopic (exact) mass is 638 g/mol. The Bertz CT molecular complexity index is 1810. The molecular formula is C38H42N2O7. The SMILES string of the molecule is COc1ccc2cc1Oc1ccc(cc1)C[C@H]1c3cc(OC)c(OC)c(c3CCN1C)Oc1c(O)c(OC)cc3c1[C@H](C2)N(C)CC3. The maximum absolute atomic E-state index is 11.8. The number of hydrogen-bond acceptors (Lipinski definition) is 9. The number of benzene rings is 4. The van der Waals surface area contributed by atoms with Crippen LogP contribution in [0.2, 0.25) is 0 Å². The molecular weight excluding hydrogens is 596 g/mol. The van der Waals surface area contributed by atoms with Gasteiger partial charge in [0.2, 0.25) is 11.5 Å². The zero-order valence-corrected chi connectivity index (χ0v) is 27.9. The average Bonchev–Trinajstić information content (AvgIpc) is 3.08. The second-order valence-corrected chi connectivity index (χ2v) is 12.6. The Morgan fingerprint density at radius 1 is 0.681 bits per heavy atom. The van der Waals surface area contributed by atoms with Gasteiger partial charge in [-0.3, -0.25) is 9.80 Å². The lowest BCUT2D eigenvalue weighted by Gasteiger charge is -2.38. The second kappa shape index (κ2) is 12.5.